The number of aryl methyl sites for hydroxylation is 1. The first-order valence-corrected chi connectivity index (χ1v) is 8.67. The van der Waals surface area contributed by atoms with Gasteiger partial charge in [0.05, 0.1) is 6.07 Å². The lowest BCUT2D eigenvalue weighted by molar-refractivity contribution is -0.133. The number of amides is 2. The van der Waals surface area contributed by atoms with Gasteiger partial charge in [-0.05, 0) is 37.7 Å². The fourth-order valence-electron chi connectivity index (χ4n) is 3.40. The molecule has 1 N–H and O–H groups in total. The molecule has 2 fully saturated rings. The maximum atomic E-state index is 12.3. The van der Waals surface area contributed by atoms with Gasteiger partial charge in [0.1, 0.15) is 5.41 Å². The normalized spacial score (nSPS) is 21.6. The summed E-state index contributed by atoms with van der Waals surface area (Å²) in [6.07, 6.45) is 4.25. The Morgan fingerprint density at radius 1 is 1.29 bits per heavy atom. The summed E-state index contributed by atoms with van der Waals surface area (Å²) < 4.78 is 0. The van der Waals surface area contributed by atoms with Gasteiger partial charge in [-0.15, -0.1) is 0 Å². The summed E-state index contributed by atoms with van der Waals surface area (Å²) in [5, 5.41) is 12.2. The molecule has 1 aliphatic heterocycles. The van der Waals surface area contributed by atoms with Crippen LogP contribution >= 0.6 is 0 Å². The number of rotatable bonds is 5. The summed E-state index contributed by atoms with van der Waals surface area (Å²) in [6, 6.07) is 12.1. The zero-order valence-electron chi connectivity index (χ0n) is 13.8. The molecular weight excluding hydrogens is 302 g/mol. The highest BCUT2D eigenvalue weighted by molar-refractivity contribution is 5.86. The Bertz CT molecular complexity index is 646. The molecule has 5 nitrogen and oxygen atoms in total. The van der Waals surface area contributed by atoms with Gasteiger partial charge in [0, 0.05) is 25.6 Å². The highest BCUT2D eigenvalue weighted by Crippen LogP contribution is 2.40. The van der Waals surface area contributed by atoms with Crippen LogP contribution < -0.4 is 5.32 Å². The molecule has 2 amide bonds. The SMILES string of the molecule is N#CC1(C(=O)N[C@@H]2CCN(C(=O)CCc3ccccc3)C2)CCC1. The number of nitrogens with one attached hydrogen (secondary N) is 1. The van der Waals surface area contributed by atoms with Crippen molar-refractivity contribution in [3.05, 3.63) is 35.9 Å². The van der Waals surface area contributed by atoms with Gasteiger partial charge >= 0.3 is 0 Å². The van der Waals surface area contributed by atoms with Crippen LogP contribution in [0, 0.1) is 16.7 Å². The van der Waals surface area contributed by atoms with E-state index >= 15 is 0 Å². The molecule has 1 aliphatic carbocycles. The molecule has 1 aromatic rings. The molecule has 0 unspecified atom stereocenters. The molecule has 1 saturated heterocycles. The van der Waals surface area contributed by atoms with Crippen molar-refractivity contribution in [1.29, 1.82) is 5.26 Å². The van der Waals surface area contributed by atoms with E-state index in [0.29, 0.717) is 32.4 Å². The van der Waals surface area contributed by atoms with E-state index in [9.17, 15) is 14.9 Å². The fourth-order valence-corrected chi connectivity index (χ4v) is 3.40. The number of likely N-dealkylation sites (tertiary alicyclic amines) is 1. The van der Waals surface area contributed by atoms with E-state index in [1.165, 1.54) is 0 Å². The van der Waals surface area contributed by atoms with E-state index in [-0.39, 0.29) is 17.9 Å². The van der Waals surface area contributed by atoms with Crippen LogP contribution in [0.3, 0.4) is 0 Å². The Kier molecular flexibility index (Phi) is 4.84. The number of nitriles is 1. The van der Waals surface area contributed by atoms with Crippen LogP contribution in [0.4, 0.5) is 0 Å². The van der Waals surface area contributed by atoms with E-state index in [0.717, 1.165) is 24.8 Å². The van der Waals surface area contributed by atoms with E-state index in [4.69, 9.17) is 0 Å². The predicted molar refractivity (Wildman–Crippen MR) is 89.8 cm³/mol. The van der Waals surface area contributed by atoms with Crippen LogP contribution in [0.25, 0.3) is 0 Å². The molecule has 0 radical (unpaired) electrons. The van der Waals surface area contributed by atoms with Crippen molar-refractivity contribution in [2.24, 2.45) is 5.41 Å². The van der Waals surface area contributed by atoms with Gasteiger partial charge in [-0.3, -0.25) is 9.59 Å². The summed E-state index contributed by atoms with van der Waals surface area (Å²) in [5.74, 6) is -0.0194. The number of hydrogen-bond donors (Lipinski definition) is 1. The molecule has 24 heavy (non-hydrogen) atoms. The van der Waals surface area contributed by atoms with Gasteiger partial charge in [0.25, 0.3) is 0 Å². The van der Waals surface area contributed by atoms with Crippen molar-refractivity contribution in [1.82, 2.24) is 10.2 Å². The summed E-state index contributed by atoms with van der Waals surface area (Å²) in [7, 11) is 0. The third-order valence-electron chi connectivity index (χ3n) is 5.20. The van der Waals surface area contributed by atoms with Gasteiger partial charge in [-0.25, -0.2) is 0 Å². The molecule has 5 heteroatoms. The number of benzene rings is 1. The standard InChI is InChI=1S/C19H23N3O2/c20-14-19(10-4-11-19)18(24)21-16-9-12-22(13-16)17(23)8-7-15-5-2-1-3-6-15/h1-3,5-6,16H,4,7-13H2,(H,21,24)/t16-/m1/s1. The number of carbonyl (C=O) groups is 2. The van der Waals surface area contributed by atoms with E-state index in [1.54, 1.807) is 0 Å². The molecule has 1 aromatic carbocycles. The molecule has 1 saturated carbocycles. The van der Waals surface area contributed by atoms with Crippen molar-refractivity contribution in [2.75, 3.05) is 13.1 Å². The number of hydrogen-bond acceptors (Lipinski definition) is 3. The quantitative estimate of drug-likeness (QED) is 0.900. The molecule has 1 atom stereocenters. The fraction of sp³-hybridized carbons (Fsp3) is 0.526. The van der Waals surface area contributed by atoms with Crippen LogP contribution in [0.15, 0.2) is 30.3 Å². The summed E-state index contributed by atoms with van der Waals surface area (Å²) >= 11 is 0. The summed E-state index contributed by atoms with van der Waals surface area (Å²) in [5.41, 5.74) is 0.348. The van der Waals surface area contributed by atoms with Gasteiger partial charge in [-0.1, -0.05) is 30.3 Å². The maximum absolute atomic E-state index is 12.3. The van der Waals surface area contributed by atoms with Gasteiger partial charge < -0.3 is 10.2 Å². The molecule has 0 spiro atoms. The summed E-state index contributed by atoms with van der Waals surface area (Å²) in [6.45, 7) is 1.24. The van der Waals surface area contributed by atoms with Crippen molar-refractivity contribution in [3.8, 4) is 6.07 Å². The zero-order valence-corrected chi connectivity index (χ0v) is 13.8. The average molecular weight is 325 g/mol. The first-order chi connectivity index (χ1) is 11.6. The third-order valence-corrected chi connectivity index (χ3v) is 5.20. The molecule has 3 rings (SSSR count). The van der Waals surface area contributed by atoms with Crippen molar-refractivity contribution >= 4 is 11.8 Å². The van der Waals surface area contributed by atoms with Crippen molar-refractivity contribution in [3.63, 3.8) is 0 Å². The second-order valence-corrected chi connectivity index (χ2v) is 6.83. The molecular formula is C19H23N3O2. The highest BCUT2D eigenvalue weighted by Gasteiger charge is 2.45. The van der Waals surface area contributed by atoms with Crippen LogP contribution in [0.2, 0.25) is 0 Å². The summed E-state index contributed by atoms with van der Waals surface area (Å²) in [4.78, 5) is 26.4. The topological polar surface area (TPSA) is 73.2 Å². The molecule has 2 aliphatic rings. The second-order valence-electron chi connectivity index (χ2n) is 6.83. The van der Waals surface area contributed by atoms with Gasteiger partial charge in [0.15, 0.2) is 0 Å². The van der Waals surface area contributed by atoms with Gasteiger partial charge in [-0.2, -0.15) is 5.26 Å². The number of carbonyl (C=O) groups excluding carboxylic acids is 2. The predicted octanol–water partition coefficient (Wildman–Crippen LogP) is 2.03. The molecule has 126 valence electrons. The Morgan fingerprint density at radius 3 is 2.67 bits per heavy atom. The number of nitrogens with zero attached hydrogens (tertiary/aromatic N) is 2. The Balaban J connectivity index is 1.46. The minimum atomic E-state index is -0.815. The van der Waals surface area contributed by atoms with Crippen LogP contribution in [0.1, 0.15) is 37.7 Å². The van der Waals surface area contributed by atoms with Crippen molar-refractivity contribution in [2.45, 2.75) is 44.6 Å². The lowest BCUT2D eigenvalue weighted by Gasteiger charge is -2.34. The average Bonchev–Trinajstić information content (AvgIpc) is 3.01. The molecule has 0 bridgehead atoms. The Morgan fingerprint density at radius 2 is 2.04 bits per heavy atom. The van der Waals surface area contributed by atoms with Crippen LogP contribution in [0.5, 0.6) is 0 Å². The largest absolute Gasteiger partial charge is 0.350 e. The minimum absolute atomic E-state index is 0.0241. The van der Waals surface area contributed by atoms with Crippen LogP contribution in [-0.4, -0.2) is 35.8 Å². The smallest absolute Gasteiger partial charge is 0.240 e. The maximum Gasteiger partial charge on any atom is 0.240 e. The van der Waals surface area contributed by atoms with E-state index in [1.807, 2.05) is 35.2 Å². The minimum Gasteiger partial charge on any atom is -0.350 e. The van der Waals surface area contributed by atoms with E-state index < -0.39 is 5.41 Å². The monoisotopic (exact) mass is 325 g/mol. The Labute approximate surface area is 142 Å². The van der Waals surface area contributed by atoms with Gasteiger partial charge in [0.2, 0.25) is 11.8 Å². The van der Waals surface area contributed by atoms with E-state index in [2.05, 4.69) is 11.4 Å². The molecule has 1 heterocycles. The highest BCUT2D eigenvalue weighted by atomic mass is 16.2. The Hall–Kier alpha value is -2.35. The first kappa shape index (κ1) is 16.5. The third kappa shape index (κ3) is 3.43. The zero-order chi connectivity index (χ0) is 17.0. The molecule has 0 aromatic heterocycles. The van der Waals surface area contributed by atoms with Crippen LogP contribution in [-0.2, 0) is 16.0 Å². The lowest BCUT2D eigenvalue weighted by Crippen LogP contribution is -2.49. The first-order valence-electron chi connectivity index (χ1n) is 8.67. The van der Waals surface area contributed by atoms with Crippen molar-refractivity contribution < 1.29 is 9.59 Å². The second kappa shape index (κ2) is 7.04. The lowest BCUT2D eigenvalue weighted by atomic mass is 9.69.